The first-order valence-corrected chi connectivity index (χ1v) is 8.99. The van der Waals surface area contributed by atoms with Crippen LogP contribution in [-0.4, -0.2) is 15.0 Å². The summed E-state index contributed by atoms with van der Waals surface area (Å²) in [6, 6.07) is 19.7. The highest BCUT2D eigenvalue weighted by atomic mass is 79.9. The lowest BCUT2D eigenvalue weighted by Gasteiger charge is -2.03. The highest BCUT2D eigenvalue weighted by Gasteiger charge is 2.11. The molecule has 0 atom stereocenters. The van der Waals surface area contributed by atoms with Gasteiger partial charge < -0.3 is 0 Å². The van der Waals surface area contributed by atoms with Gasteiger partial charge in [0.25, 0.3) is 5.56 Å². The maximum absolute atomic E-state index is 12.7. The Labute approximate surface area is 150 Å². The molecule has 0 unspecified atom stereocenters. The first-order valence-electron chi connectivity index (χ1n) is 7.38. The molecule has 0 fully saturated rings. The zero-order chi connectivity index (χ0) is 16.5. The predicted molar refractivity (Wildman–Crippen MR) is 100 cm³/mol. The van der Waals surface area contributed by atoms with E-state index in [1.807, 2.05) is 60.7 Å². The Hall–Kier alpha value is -2.31. The van der Waals surface area contributed by atoms with E-state index in [-0.39, 0.29) is 5.56 Å². The van der Waals surface area contributed by atoms with Crippen LogP contribution in [0.5, 0.6) is 0 Å². The van der Waals surface area contributed by atoms with Gasteiger partial charge in [0, 0.05) is 9.35 Å². The summed E-state index contributed by atoms with van der Waals surface area (Å²) in [7, 11) is 0. The van der Waals surface area contributed by atoms with Gasteiger partial charge in [0.1, 0.15) is 0 Å². The fourth-order valence-electron chi connectivity index (χ4n) is 2.49. The Morgan fingerprint density at radius 2 is 1.79 bits per heavy atom. The Morgan fingerprint density at radius 1 is 1.04 bits per heavy atom. The number of thiophene rings is 1. The van der Waals surface area contributed by atoms with E-state index in [2.05, 4.69) is 26.2 Å². The van der Waals surface area contributed by atoms with Crippen LogP contribution < -0.4 is 5.56 Å². The van der Waals surface area contributed by atoms with Crippen LogP contribution >= 0.6 is 27.3 Å². The Kier molecular flexibility index (Phi) is 4.00. The minimum absolute atomic E-state index is 0.110. The summed E-state index contributed by atoms with van der Waals surface area (Å²) in [6.07, 6.45) is 0. The number of hydrogen-bond acceptors (Lipinski definition) is 4. The van der Waals surface area contributed by atoms with Gasteiger partial charge in [0.2, 0.25) is 0 Å². The minimum Gasteiger partial charge on any atom is -0.267 e. The summed E-state index contributed by atoms with van der Waals surface area (Å²) < 4.78 is 2.41. The molecule has 24 heavy (non-hydrogen) atoms. The second-order valence-corrected chi connectivity index (χ2v) is 7.32. The standard InChI is InChI=1S/C18H12BrN3OS/c19-14-8-6-12(7-9-14)11-22-18(23)15-10-16(24-17(15)20-21-22)13-4-2-1-3-5-13/h1-10H,11H2. The molecule has 0 radical (unpaired) electrons. The molecule has 0 aliphatic rings. The molecule has 6 heteroatoms. The summed E-state index contributed by atoms with van der Waals surface area (Å²) in [5.41, 5.74) is 1.98. The summed E-state index contributed by atoms with van der Waals surface area (Å²) in [6.45, 7) is 0.408. The highest BCUT2D eigenvalue weighted by Crippen LogP contribution is 2.30. The normalized spacial score (nSPS) is 11.0. The van der Waals surface area contributed by atoms with Gasteiger partial charge in [-0.3, -0.25) is 4.79 Å². The monoisotopic (exact) mass is 397 g/mol. The van der Waals surface area contributed by atoms with Crippen LogP contribution in [0.1, 0.15) is 5.56 Å². The molecule has 0 aliphatic carbocycles. The lowest BCUT2D eigenvalue weighted by atomic mass is 10.2. The number of halogens is 1. The third-order valence-corrected chi connectivity index (χ3v) is 5.32. The van der Waals surface area contributed by atoms with E-state index in [4.69, 9.17) is 0 Å². The van der Waals surface area contributed by atoms with Crippen LogP contribution in [0.4, 0.5) is 0 Å². The van der Waals surface area contributed by atoms with E-state index in [0.29, 0.717) is 16.8 Å². The molecule has 0 bridgehead atoms. The van der Waals surface area contributed by atoms with Crippen molar-refractivity contribution in [2.24, 2.45) is 0 Å². The average Bonchev–Trinajstić information content (AvgIpc) is 3.05. The van der Waals surface area contributed by atoms with Gasteiger partial charge in [-0.2, -0.15) is 0 Å². The molecule has 2 aromatic heterocycles. The van der Waals surface area contributed by atoms with Crippen molar-refractivity contribution < 1.29 is 0 Å². The zero-order valence-corrected chi connectivity index (χ0v) is 14.9. The second-order valence-electron chi connectivity index (χ2n) is 5.37. The van der Waals surface area contributed by atoms with Crippen molar-refractivity contribution in [3.63, 3.8) is 0 Å². The number of benzene rings is 2. The lowest BCUT2D eigenvalue weighted by molar-refractivity contribution is 0.602. The van der Waals surface area contributed by atoms with Crippen LogP contribution in [0.3, 0.4) is 0 Å². The third-order valence-electron chi connectivity index (χ3n) is 3.72. The molecule has 0 N–H and O–H groups in total. The molecule has 2 aromatic carbocycles. The second kappa shape index (κ2) is 6.30. The molecular formula is C18H12BrN3OS. The first-order chi connectivity index (χ1) is 11.7. The molecule has 4 aromatic rings. The number of rotatable bonds is 3. The van der Waals surface area contributed by atoms with Crippen molar-refractivity contribution in [2.75, 3.05) is 0 Å². The molecule has 2 heterocycles. The van der Waals surface area contributed by atoms with Crippen molar-refractivity contribution in [1.82, 2.24) is 15.0 Å². The number of hydrogen-bond donors (Lipinski definition) is 0. The Bertz CT molecular complexity index is 1060. The average molecular weight is 398 g/mol. The highest BCUT2D eigenvalue weighted by molar-refractivity contribution is 9.10. The quantitative estimate of drug-likeness (QED) is 0.516. The third kappa shape index (κ3) is 2.90. The van der Waals surface area contributed by atoms with Gasteiger partial charge in [0.15, 0.2) is 4.83 Å². The molecule has 0 saturated carbocycles. The SMILES string of the molecule is O=c1c2cc(-c3ccccc3)sc2nnn1Cc1ccc(Br)cc1. The van der Waals surface area contributed by atoms with E-state index < -0.39 is 0 Å². The van der Waals surface area contributed by atoms with Crippen LogP contribution in [0.15, 0.2) is 69.9 Å². The first kappa shape index (κ1) is 15.2. The van der Waals surface area contributed by atoms with Gasteiger partial charge in [-0.25, -0.2) is 4.68 Å². The van der Waals surface area contributed by atoms with Gasteiger partial charge >= 0.3 is 0 Å². The number of nitrogens with zero attached hydrogens (tertiary/aromatic N) is 3. The fraction of sp³-hybridized carbons (Fsp3) is 0.0556. The predicted octanol–water partition coefficient (Wildman–Crippen LogP) is 4.33. The minimum atomic E-state index is -0.110. The molecule has 0 aliphatic heterocycles. The number of fused-ring (bicyclic) bond motifs is 1. The Balaban J connectivity index is 1.75. The zero-order valence-electron chi connectivity index (χ0n) is 12.5. The van der Waals surface area contributed by atoms with Crippen molar-refractivity contribution in [3.05, 3.63) is 81.1 Å². The fourth-order valence-corrected chi connectivity index (χ4v) is 3.73. The summed E-state index contributed by atoms with van der Waals surface area (Å²) in [5.74, 6) is 0. The van der Waals surface area contributed by atoms with E-state index in [9.17, 15) is 4.79 Å². The maximum Gasteiger partial charge on any atom is 0.278 e. The smallest absolute Gasteiger partial charge is 0.267 e. The van der Waals surface area contributed by atoms with Gasteiger partial charge in [0.05, 0.1) is 11.9 Å². The van der Waals surface area contributed by atoms with E-state index in [1.54, 1.807) is 0 Å². The largest absolute Gasteiger partial charge is 0.278 e. The topological polar surface area (TPSA) is 47.8 Å². The van der Waals surface area contributed by atoms with Crippen molar-refractivity contribution in [3.8, 4) is 10.4 Å². The van der Waals surface area contributed by atoms with Crippen molar-refractivity contribution in [2.45, 2.75) is 6.54 Å². The molecule has 0 saturated heterocycles. The molecule has 0 amide bonds. The molecule has 4 nitrogen and oxygen atoms in total. The molecular weight excluding hydrogens is 386 g/mol. The van der Waals surface area contributed by atoms with Crippen LogP contribution in [0, 0.1) is 0 Å². The lowest BCUT2D eigenvalue weighted by Crippen LogP contribution is -2.24. The van der Waals surface area contributed by atoms with Crippen molar-refractivity contribution in [1.29, 1.82) is 0 Å². The van der Waals surface area contributed by atoms with Crippen molar-refractivity contribution >= 4 is 37.5 Å². The van der Waals surface area contributed by atoms with Crippen LogP contribution in [-0.2, 0) is 6.54 Å². The summed E-state index contributed by atoms with van der Waals surface area (Å²) in [5, 5.41) is 8.92. The van der Waals surface area contributed by atoms with E-state index in [1.165, 1.54) is 16.0 Å². The molecule has 118 valence electrons. The van der Waals surface area contributed by atoms with Gasteiger partial charge in [-0.15, -0.1) is 16.4 Å². The van der Waals surface area contributed by atoms with E-state index in [0.717, 1.165) is 20.5 Å². The maximum atomic E-state index is 12.7. The van der Waals surface area contributed by atoms with Crippen LogP contribution in [0.25, 0.3) is 20.7 Å². The summed E-state index contributed by atoms with van der Waals surface area (Å²) >= 11 is 4.90. The van der Waals surface area contributed by atoms with E-state index >= 15 is 0 Å². The van der Waals surface area contributed by atoms with Crippen LogP contribution in [0.2, 0.25) is 0 Å². The van der Waals surface area contributed by atoms with Gasteiger partial charge in [-0.05, 0) is 29.3 Å². The van der Waals surface area contributed by atoms with Gasteiger partial charge in [-0.1, -0.05) is 63.6 Å². The molecule has 4 rings (SSSR count). The molecule has 0 spiro atoms. The summed E-state index contributed by atoms with van der Waals surface area (Å²) in [4.78, 5) is 14.4. The number of aromatic nitrogens is 3. The Morgan fingerprint density at radius 3 is 2.54 bits per heavy atom.